The predicted octanol–water partition coefficient (Wildman–Crippen LogP) is 0.330. The summed E-state index contributed by atoms with van der Waals surface area (Å²) in [4.78, 5) is 45.6. The summed E-state index contributed by atoms with van der Waals surface area (Å²) in [6.45, 7) is 2.72. The second-order valence-electron chi connectivity index (χ2n) is 3.25. The van der Waals surface area contributed by atoms with Crippen LogP contribution in [0.4, 0.5) is 0 Å². The molecule has 0 aromatic heterocycles. The number of hydrogen-bond acceptors (Lipinski definition) is 5. The molecule has 0 spiro atoms. The molecule has 1 atom stereocenters. The lowest BCUT2D eigenvalue weighted by molar-refractivity contribution is -0.143. The second-order valence-corrected chi connectivity index (χ2v) is 4.43. The maximum absolute atomic E-state index is 11.4. The van der Waals surface area contributed by atoms with Gasteiger partial charge in [-0.25, -0.2) is 0 Å². The lowest BCUT2D eigenvalue weighted by atomic mass is 10.3. The van der Waals surface area contributed by atoms with Crippen LogP contribution in [0.15, 0.2) is 0 Å². The Kier molecular flexibility index (Phi) is 3.62. The first-order valence-corrected chi connectivity index (χ1v) is 5.32. The van der Waals surface area contributed by atoms with Gasteiger partial charge in [-0.1, -0.05) is 0 Å². The molecule has 82 valence electrons. The van der Waals surface area contributed by atoms with Crippen molar-refractivity contribution in [2.75, 3.05) is 0 Å². The molecule has 1 unspecified atom stereocenters. The molecule has 2 amide bonds. The zero-order chi connectivity index (χ0) is 11.6. The van der Waals surface area contributed by atoms with Gasteiger partial charge in [0.25, 0.3) is 0 Å². The molecule has 0 aromatic rings. The first kappa shape index (κ1) is 11.9. The van der Waals surface area contributed by atoms with Gasteiger partial charge in [0.15, 0.2) is 5.12 Å². The van der Waals surface area contributed by atoms with E-state index in [0.717, 1.165) is 4.90 Å². The number of carbonyl (C=O) groups excluding carboxylic acids is 4. The third-order valence-electron chi connectivity index (χ3n) is 2.06. The van der Waals surface area contributed by atoms with Gasteiger partial charge in [-0.15, -0.1) is 0 Å². The third-order valence-corrected chi connectivity index (χ3v) is 2.89. The van der Waals surface area contributed by atoms with E-state index in [1.807, 2.05) is 0 Å². The monoisotopic (exact) mass is 229 g/mol. The molecule has 5 nitrogen and oxygen atoms in total. The van der Waals surface area contributed by atoms with Gasteiger partial charge in [0.1, 0.15) is 6.04 Å². The van der Waals surface area contributed by atoms with E-state index in [-0.39, 0.29) is 29.8 Å². The molecule has 6 heteroatoms. The van der Waals surface area contributed by atoms with Crippen molar-refractivity contribution < 1.29 is 19.2 Å². The Hall–Kier alpha value is -1.17. The van der Waals surface area contributed by atoms with Crippen molar-refractivity contribution in [1.29, 1.82) is 0 Å². The molecule has 1 fully saturated rings. The smallest absolute Gasteiger partial charge is 0.230 e. The number of amides is 2. The van der Waals surface area contributed by atoms with Crippen molar-refractivity contribution in [3.8, 4) is 0 Å². The first-order valence-electron chi connectivity index (χ1n) is 4.50. The summed E-state index contributed by atoms with van der Waals surface area (Å²) in [5, 5.41) is -0.808. The molecule has 0 N–H and O–H groups in total. The highest BCUT2D eigenvalue weighted by Crippen LogP contribution is 2.19. The number of carbonyl (C=O) groups is 4. The average molecular weight is 229 g/mol. The fraction of sp³-hybridized carbons (Fsp3) is 0.556. The molecule has 1 aliphatic heterocycles. The Labute approximate surface area is 91.2 Å². The number of likely N-dealkylation sites (tertiary alicyclic amines) is 1. The average Bonchev–Trinajstić information content (AvgIpc) is 2.44. The zero-order valence-electron chi connectivity index (χ0n) is 8.48. The third kappa shape index (κ3) is 2.65. The van der Waals surface area contributed by atoms with Crippen molar-refractivity contribution >= 4 is 33.8 Å². The SMILES string of the molecule is CC(=O)SC(=O)C(C)N1C(=O)CCC1=O. The lowest BCUT2D eigenvalue weighted by Crippen LogP contribution is -2.41. The summed E-state index contributed by atoms with van der Waals surface area (Å²) in [6, 6.07) is -0.846. The molecular weight excluding hydrogens is 218 g/mol. The number of thioether (sulfide) groups is 1. The van der Waals surface area contributed by atoms with Crippen molar-refractivity contribution in [2.45, 2.75) is 32.7 Å². The molecule has 1 rings (SSSR count). The summed E-state index contributed by atoms with van der Waals surface area (Å²) in [5.41, 5.74) is 0. The van der Waals surface area contributed by atoms with Crippen molar-refractivity contribution in [1.82, 2.24) is 4.90 Å². The number of imide groups is 1. The highest BCUT2D eigenvalue weighted by Gasteiger charge is 2.36. The highest BCUT2D eigenvalue weighted by atomic mass is 32.2. The van der Waals surface area contributed by atoms with Gasteiger partial charge < -0.3 is 0 Å². The molecule has 0 radical (unpaired) electrons. The van der Waals surface area contributed by atoms with E-state index >= 15 is 0 Å². The molecule has 0 bridgehead atoms. The van der Waals surface area contributed by atoms with Gasteiger partial charge in [0.2, 0.25) is 16.9 Å². The molecule has 1 aliphatic rings. The van der Waals surface area contributed by atoms with Gasteiger partial charge in [-0.05, 0) is 18.7 Å². The fourth-order valence-corrected chi connectivity index (χ4v) is 1.92. The van der Waals surface area contributed by atoms with Gasteiger partial charge in [-0.2, -0.15) is 0 Å². The molecule has 0 aliphatic carbocycles. The lowest BCUT2D eigenvalue weighted by Gasteiger charge is -2.19. The largest absolute Gasteiger partial charge is 0.287 e. The minimum Gasteiger partial charge on any atom is -0.287 e. The Morgan fingerprint density at radius 1 is 1.27 bits per heavy atom. The maximum atomic E-state index is 11.4. The Bertz CT molecular complexity index is 323. The van der Waals surface area contributed by atoms with E-state index in [4.69, 9.17) is 0 Å². The van der Waals surface area contributed by atoms with E-state index in [9.17, 15) is 19.2 Å². The molecule has 1 saturated heterocycles. The topological polar surface area (TPSA) is 71.5 Å². The summed E-state index contributed by atoms with van der Waals surface area (Å²) in [6.07, 6.45) is 0.308. The van der Waals surface area contributed by atoms with E-state index < -0.39 is 11.2 Å². The van der Waals surface area contributed by atoms with Crippen LogP contribution in [0, 0.1) is 0 Å². The van der Waals surface area contributed by atoms with E-state index in [0.29, 0.717) is 11.8 Å². The normalized spacial score (nSPS) is 18.1. The van der Waals surface area contributed by atoms with Crippen LogP contribution in [0.25, 0.3) is 0 Å². The van der Waals surface area contributed by atoms with Gasteiger partial charge >= 0.3 is 0 Å². The van der Waals surface area contributed by atoms with Crippen LogP contribution in [0.3, 0.4) is 0 Å². The molecule has 1 heterocycles. The Balaban J connectivity index is 2.71. The highest BCUT2D eigenvalue weighted by molar-refractivity contribution is 8.26. The van der Waals surface area contributed by atoms with E-state index in [1.165, 1.54) is 13.8 Å². The van der Waals surface area contributed by atoms with Crippen LogP contribution in [0.1, 0.15) is 26.7 Å². The van der Waals surface area contributed by atoms with Gasteiger partial charge in [-0.3, -0.25) is 24.1 Å². The summed E-state index contributed by atoms with van der Waals surface area (Å²) in [7, 11) is 0. The summed E-state index contributed by atoms with van der Waals surface area (Å²) >= 11 is 0.530. The first-order chi connectivity index (χ1) is 6.93. The van der Waals surface area contributed by atoms with Crippen LogP contribution < -0.4 is 0 Å². The Morgan fingerprint density at radius 3 is 2.13 bits per heavy atom. The van der Waals surface area contributed by atoms with Gasteiger partial charge in [0.05, 0.1) is 0 Å². The summed E-state index contributed by atoms with van der Waals surface area (Å²) < 4.78 is 0. The minimum absolute atomic E-state index is 0.154. The van der Waals surface area contributed by atoms with Crippen LogP contribution >= 0.6 is 11.8 Å². The van der Waals surface area contributed by atoms with Crippen molar-refractivity contribution in [3.63, 3.8) is 0 Å². The van der Waals surface area contributed by atoms with Crippen LogP contribution in [0.5, 0.6) is 0 Å². The molecule has 15 heavy (non-hydrogen) atoms. The summed E-state index contributed by atoms with van der Waals surface area (Å²) in [5.74, 6) is -0.685. The van der Waals surface area contributed by atoms with Crippen LogP contribution in [-0.2, 0) is 19.2 Å². The second kappa shape index (κ2) is 4.57. The maximum Gasteiger partial charge on any atom is 0.230 e. The number of rotatable bonds is 2. The number of hydrogen-bond donors (Lipinski definition) is 0. The van der Waals surface area contributed by atoms with E-state index in [2.05, 4.69) is 0 Å². The van der Waals surface area contributed by atoms with Gasteiger partial charge in [0, 0.05) is 19.8 Å². The molecular formula is C9H11NO4S. The van der Waals surface area contributed by atoms with Crippen LogP contribution in [-0.4, -0.2) is 33.0 Å². The fourth-order valence-electron chi connectivity index (χ4n) is 1.36. The molecule has 0 saturated carbocycles. The molecule has 0 aromatic carbocycles. The van der Waals surface area contributed by atoms with E-state index in [1.54, 1.807) is 0 Å². The van der Waals surface area contributed by atoms with Crippen molar-refractivity contribution in [3.05, 3.63) is 0 Å². The minimum atomic E-state index is -0.846. The Morgan fingerprint density at radius 2 is 1.73 bits per heavy atom. The quantitative estimate of drug-likeness (QED) is 0.638. The van der Waals surface area contributed by atoms with Crippen molar-refractivity contribution in [2.24, 2.45) is 0 Å². The predicted molar refractivity (Wildman–Crippen MR) is 53.8 cm³/mol. The zero-order valence-corrected chi connectivity index (χ0v) is 9.30. The van der Waals surface area contributed by atoms with Crippen LogP contribution in [0.2, 0.25) is 0 Å². The standard InChI is InChI=1S/C9H11NO4S/c1-5(9(14)15-6(2)11)10-7(12)3-4-8(10)13/h5H,3-4H2,1-2H3. The number of nitrogens with zero attached hydrogens (tertiary/aromatic N) is 1.